The normalized spacial score (nSPS) is 19.6. The zero-order valence-corrected chi connectivity index (χ0v) is 11.4. The SMILES string of the molecule is CCC1CN(C(=O)Nc2ccc(N)cc2)CCS1. The van der Waals surface area contributed by atoms with Gasteiger partial charge in [0.2, 0.25) is 0 Å². The third-order valence-corrected chi connectivity index (χ3v) is 4.42. The number of amides is 2. The number of anilines is 2. The molecule has 4 nitrogen and oxygen atoms in total. The number of nitrogens with zero attached hydrogens (tertiary/aromatic N) is 1. The molecule has 0 aliphatic carbocycles. The second-order valence-corrected chi connectivity index (χ2v) is 5.81. The van der Waals surface area contributed by atoms with Crippen molar-refractivity contribution >= 4 is 29.2 Å². The van der Waals surface area contributed by atoms with Gasteiger partial charge in [-0.25, -0.2) is 4.79 Å². The molecule has 1 saturated heterocycles. The Bertz CT molecular complexity index is 407. The summed E-state index contributed by atoms with van der Waals surface area (Å²) in [5, 5.41) is 3.47. The molecule has 1 unspecified atom stereocenters. The van der Waals surface area contributed by atoms with E-state index >= 15 is 0 Å². The summed E-state index contributed by atoms with van der Waals surface area (Å²) in [6.07, 6.45) is 1.11. The van der Waals surface area contributed by atoms with Crippen LogP contribution in [0.4, 0.5) is 16.2 Å². The number of hydrogen-bond acceptors (Lipinski definition) is 3. The van der Waals surface area contributed by atoms with Gasteiger partial charge in [0.1, 0.15) is 0 Å². The van der Waals surface area contributed by atoms with Gasteiger partial charge in [-0.2, -0.15) is 11.8 Å². The number of thioether (sulfide) groups is 1. The van der Waals surface area contributed by atoms with Gasteiger partial charge in [-0.1, -0.05) is 6.92 Å². The molecular weight excluding hydrogens is 246 g/mol. The Morgan fingerprint density at radius 2 is 2.22 bits per heavy atom. The summed E-state index contributed by atoms with van der Waals surface area (Å²) in [5.74, 6) is 1.02. The molecule has 1 fully saturated rings. The summed E-state index contributed by atoms with van der Waals surface area (Å²) >= 11 is 1.95. The van der Waals surface area contributed by atoms with Crippen molar-refractivity contribution in [3.05, 3.63) is 24.3 Å². The van der Waals surface area contributed by atoms with Gasteiger partial charge in [0.05, 0.1) is 0 Å². The molecule has 3 N–H and O–H groups in total. The predicted octanol–water partition coefficient (Wildman–Crippen LogP) is 2.63. The molecule has 1 heterocycles. The third-order valence-electron chi connectivity index (χ3n) is 3.04. The van der Waals surface area contributed by atoms with Crippen LogP contribution in [0.15, 0.2) is 24.3 Å². The molecule has 98 valence electrons. The number of nitrogen functional groups attached to an aromatic ring is 1. The van der Waals surface area contributed by atoms with Gasteiger partial charge in [-0.3, -0.25) is 0 Å². The first-order valence-electron chi connectivity index (χ1n) is 6.22. The molecule has 0 bridgehead atoms. The molecule has 1 atom stereocenters. The van der Waals surface area contributed by atoms with Crippen molar-refractivity contribution in [3.8, 4) is 0 Å². The Morgan fingerprint density at radius 1 is 1.50 bits per heavy atom. The van der Waals surface area contributed by atoms with Gasteiger partial charge in [0.15, 0.2) is 0 Å². The number of carbonyl (C=O) groups is 1. The maximum atomic E-state index is 12.1. The Hall–Kier alpha value is -1.36. The minimum absolute atomic E-state index is 0.0153. The van der Waals surface area contributed by atoms with E-state index in [9.17, 15) is 4.79 Å². The largest absolute Gasteiger partial charge is 0.399 e. The molecule has 1 aromatic rings. The lowest BCUT2D eigenvalue weighted by Crippen LogP contribution is -2.43. The topological polar surface area (TPSA) is 58.4 Å². The van der Waals surface area contributed by atoms with Crippen molar-refractivity contribution in [1.82, 2.24) is 4.90 Å². The van der Waals surface area contributed by atoms with Gasteiger partial charge in [0, 0.05) is 35.5 Å². The van der Waals surface area contributed by atoms with E-state index in [2.05, 4.69) is 12.2 Å². The fourth-order valence-electron chi connectivity index (χ4n) is 1.92. The third kappa shape index (κ3) is 3.32. The van der Waals surface area contributed by atoms with Gasteiger partial charge in [-0.15, -0.1) is 0 Å². The second-order valence-electron chi connectivity index (χ2n) is 4.40. The summed E-state index contributed by atoms with van der Waals surface area (Å²) in [6.45, 7) is 3.82. The molecule has 18 heavy (non-hydrogen) atoms. The van der Waals surface area contributed by atoms with E-state index in [1.54, 1.807) is 12.1 Å². The van der Waals surface area contributed by atoms with Crippen LogP contribution in [-0.2, 0) is 0 Å². The summed E-state index contributed by atoms with van der Waals surface area (Å²) in [7, 11) is 0. The standard InChI is InChI=1S/C13H19N3OS/c1-2-12-9-16(7-8-18-12)13(17)15-11-5-3-10(14)4-6-11/h3-6,12H,2,7-9,14H2,1H3,(H,15,17). The first kappa shape index (κ1) is 13.1. The van der Waals surface area contributed by atoms with E-state index in [1.807, 2.05) is 28.8 Å². The van der Waals surface area contributed by atoms with Crippen LogP contribution >= 0.6 is 11.8 Å². The monoisotopic (exact) mass is 265 g/mol. The lowest BCUT2D eigenvalue weighted by atomic mass is 10.3. The fraction of sp³-hybridized carbons (Fsp3) is 0.462. The van der Waals surface area contributed by atoms with Crippen LogP contribution in [0.1, 0.15) is 13.3 Å². The van der Waals surface area contributed by atoms with E-state index in [4.69, 9.17) is 5.73 Å². The molecule has 1 aromatic carbocycles. The molecule has 0 aromatic heterocycles. The highest BCUT2D eigenvalue weighted by Crippen LogP contribution is 2.21. The number of nitrogens with one attached hydrogen (secondary N) is 1. The Kier molecular flexibility index (Phi) is 4.36. The zero-order valence-electron chi connectivity index (χ0n) is 10.6. The van der Waals surface area contributed by atoms with Crippen molar-refractivity contribution in [2.75, 3.05) is 29.9 Å². The summed E-state index contributed by atoms with van der Waals surface area (Å²) < 4.78 is 0. The summed E-state index contributed by atoms with van der Waals surface area (Å²) in [6, 6.07) is 7.21. The smallest absolute Gasteiger partial charge is 0.321 e. The molecule has 2 rings (SSSR count). The van der Waals surface area contributed by atoms with Crippen molar-refractivity contribution < 1.29 is 4.79 Å². The van der Waals surface area contributed by atoms with Crippen LogP contribution in [0.5, 0.6) is 0 Å². The Morgan fingerprint density at radius 3 is 2.89 bits per heavy atom. The van der Waals surface area contributed by atoms with Crippen molar-refractivity contribution in [2.45, 2.75) is 18.6 Å². The molecule has 2 amide bonds. The van der Waals surface area contributed by atoms with Crippen molar-refractivity contribution in [3.63, 3.8) is 0 Å². The highest BCUT2D eigenvalue weighted by Gasteiger charge is 2.22. The zero-order chi connectivity index (χ0) is 13.0. The highest BCUT2D eigenvalue weighted by atomic mass is 32.2. The van der Waals surface area contributed by atoms with E-state index < -0.39 is 0 Å². The lowest BCUT2D eigenvalue weighted by molar-refractivity contribution is 0.213. The number of rotatable bonds is 2. The average Bonchev–Trinajstić information content (AvgIpc) is 2.41. The maximum Gasteiger partial charge on any atom is 0.321 e. The summed E-state index contributed by atoms with van der Waals surface area (Å²) in [5.41, 5.74) is 7.10. The number of nitrogens with two attached hydrogens (primary N) is 1. The van der Waals surface area contributed by atoms with Crippen molar-refractivity contribution in [1.29, 1.82) is 0 Å². The molecular formula is C13H19N3OS. The fourth-order valence-corrected chi connectivity index (χ4v) is 3.10. The first-order chi connectivity index (χ1) is 8.69. The van der Waals surface area contributed by atoms with Crippen LogP contribution < -0.4 is 11.1 Å². The summed E-state index contributed by atoms with van der Waals surface area (Å²) in [4.78, 5) is 14.0. The Labute approximate surface area is 112 Å². The van der Waals surface area contributed by atoms with E-state index in [-0.39, 0.29) is 6.03 Å². The van der Waals surface area contributed by atoms with Gasteiger partial charge < -0.3 is 16.0 Å². The molecule has 1 aliphatic rings. The van der Waals surface area contributed by atoms with Gasteiger partial charge >= 0.3 is 6.03 Å². The quantitative estimate of drug-likeness (QED) is 0.808. The molecule has 0 saturated carbocycles. The molecule has 1 aliphatic heterocycles. The van der Waals surface area contributed by atoms with Crippen LogP contribution in [-0.4, -0.2) is 35.0 Å². The number of urea groups is 1. The molecule has 0 spiro atoms. The number of hydrogen-bond donors (Lipinski definition) is 2. The predicted molar refractivity (Wildman–Crippen MR) is 78.0 cm³/mol. The van der Waals surface area contributed by atoms with E-state index in [1.165, 1.54) is 0 Å². The van der Waals surface area contributed by atoms with Crippen LogP contribution in [0, 0.1) is 0 Å². The van der Waals surface area contributed by atoms with E-state index in [0.29, 0.717) is 10.9 Å². The van der Waals surface area contributed by atoms with Gasteiger partial charge in [-0.05, 0) is 30.7 Å². The maximum absolute atomic E-state index is 12.1. The number of benzene rings is 1. The van der Waals surface area contributed by atoms with E-state index in [0.717, 1.165) is 31.0 Å². The van der Waals surface area contributed by atoms with Crippen LogP contribution in [0.25, 0.3) is 0 Å². The first-order valence-corrected chi connectivity index (χ1v) is 7.27. The average molecular weight is 265 g/mol. The number of carbonyl (C=O) groups excluding carboxylic acids is 1. The lowest BCUT2D eigenvalue weighted by Gasteiger charge is -2.31. The molecule has 5 heteroatoms. The Balaban J connectivity index is 1.93. The minimum atomic E-state index is -0.0153. The van der Waals surface area contributed by atoms with Crippen molar-refractivity contribution in [2.24, 2.45) is 0 Å². The molecule has 0 radical (unpaired) electrons. The van der Waals surface area contributed by atoms with Gasteiger partial charge in [0.25, 0.3) is 0 Å². The van der Waals surface area contributed by atoms with Crippen LogP contribution in [0.3, 0.4) is 0 Å². The minimum Gasteiger partial charge on any atom is -0.399 e. The second kappa shape index (κ2) is 6.00. The van der Waals surface area contributed by atoms with Crippen LogP contribution in [0.2, 0.25) is 0 Å². The highest BCUT2D eigenvalue weighted by molar-refractivity contribution is 8.00.